The average Bonchev–Trinajstić information content (AvgIpc) is 3.17. The van der Waals surface area contributed by atoms with E-state index >= 15 is 0 Å². The van der Waals surface area contributed by atoms with Crippen LogP contribution in [-0.4, -0.2) is 46.9 Å². The topological polar surface area (TPSA) is 89.0 Å². The van der Waals surface area contributed by atoms with Gasteiger partial charge in [-0.05, 0) is 48.2 Å². The minimum atomic E-state index is -0.777. The Labute approximate surface area is 211 Å². The third-order valence-electron chi connectivity index (χ3n) is 6.24. The Morgan fingerprint density at radius 3 is 2.47 bits per heavy atom. The number of ether oxygens (including phenoxy) is 2. The molecule has 2 heterocycles. The van der Waals surface area contributed by atoms with Crippen molar-refractivity contribution < 1.29 is 24.2 Å². The van der Waals surface area contributed by atoms with Gasteiger partial charge in [0.15, 0.2) is 11.5 Å². The number of methoxy groups -OCH3 is 1. The standard InChI is InChI=1S/C29H30N2O5/c1-3-4-18-36-23-11-10-22(19-24(23)35-2)26-25(27(32)21-12-15-30-16-13-21)28(33)29(34)31(26)17-14-20-8-6-5-7-9-20/h5-13,15-16,19,26,32H,3-4,14,17-18H2,1-2H3/b27-25+. The number of carbonyl (C=O) groups excluding carboxylic acids is 2. The highest BCUT2D eigenvalue weighted by Gasteiger charge is 2.46. The Bertz CT molecular complexity index is 1240. The van der Waals surface area contributed by atoms with Crippen molar-refractivity contribution in [3.8, 4) is 11.5 Å². The number of unbranched alkanes of at least 4 members (excludes halogenated alkanes) is 1. The molecule has 36 heavy (non-hydrogen) atoms. The molecule has 4 rings (SSSR count). The van der Waals surface area contributed by atoms with Crippen LogP contribution in [0.1, 0.15) is 42.5 Å². The van der Waals surface area contributed by atoms with Crippen molar-refractivity contribution in [3.05, 3.63) is 95.3 Å². The van der Waals surface area contributed by atoms with Crippen molar-refractivity contribution in [2.75, 3.05) is 20.3 Å². The predicted molar refractivity (Wildman–Crippen MR) is 137 cm³/mol. The summed E-state index contributed by atoms with van der Waals surface area (Å²) < 4.78 is 11.4. The van der Waals surface area contributed by atoms with E-state index in [1.54, 1.807) is 31.4 Å². The molecule has 3 aromatic rings. The van der Waals surface area contributed by atoms with Gasteiger partial charge in [0.25, 0.3) is 11.7 Å². The maximum Gasteiger partial charge on any atom is 0.295 e. The number of benzene rings is 2. The van der Waals surface area contributed by atoms with Crippen LogP contribution in [0.5, 0.6) is 11.5 Å². The lowest BCUT2D eigenvalue weighted by molar-refractivity contribution is -0.139. The Balaban J connectivity index is 1.77. The molecular weight excluding hydrogens is 456 g/mol. The van der Waals surface area contributed by atoms with Gasteiger partial charge in [-0.2, -0.15) is 0 Å². The van der Waals surface area contributed by atoms with Crippen LogP contribution in [0, 0.1) is 0 Å². The molecule has 0 spiro atoms. The second-order valence-corrected chi connectivity index (χ2v) is 8.58. The van der Waals surface area contributed by atoms with Crippen LogP contribution in [0.25, 0.3) is 5.76 Å². The monoisotopic (exact) mass is 486 g/mol. The fraction of sp³-hybridized carbons (Fsp3) is 0.276. The van der Waals surface area contributed by atoms with E-state index in [0.717, 1.165) is 18.4 Å². The minimum Gasteiger partial charge on any atom is -0.507 e. The second-order valence-electron chi connectivity index (χ2n) is 8.58. The lowest BCUT2D eigenvalue weighted by atomic mass is 9.95. The zero-order valence-corrected chi connectivity index (χ0v) is 20.5. The first kappa shape index (κ1) is 25.0. The van der Waals surface area contributed by atoms with Gasteiger partial charge in [0.1, 0.15) is 5.76 Å². The molecule has 1 aromatic heterocycles. The molecule has 1 N–H and O–H groups in total. The molecule has 1 aliphatic rings. The number of rotatable bonds is 10. The largest absolute Gasteiger partial charge is 0.507 e. The summed E-state index contributed by atoms with van der Waals surface area (Å²) in [5.74, 6) is -0.505. The Hall–Kier alpha value is -4.13. The number of amides is 1. The predicted octanol–water partition coefficient (Wildman–Crippen LogP) is 4.93. The first-order valence-corrected chi connectivity index (χ1v) is 12.1. The number of Topliss-reactive ketones (excluding diaryl/α,β-unsaturated/α-hetero) is 1. The zero-order chi connectivity index (χ0) is 25.5. The fourth-order valence-corrected chi connectivity index (χ4v) is 4.32. The van der Waals surface area contributed by atoms with Crippen molar-refractivity contribution in [3.63, 3.8) is 0 Å². The van der Waals surface area contributed by atoms with Gasteiger partial charge in [-0.15, -0.1) is 0 Å². The molecule has 1 unspecified atom stereocenters. The Morgan fingerprint density at radius 1 is 1.03 bits per heavy atom. The van der Waals surface area contributed by atoms with Gasteiger partial charge in [-0.1, -0.05) is 49.7 Å². The molecule has 0 saturated carbocycles. The summed E-state index contributed by atoms with van der Waals surface area (Å²) in [6, 6.07) is 17.6. The summed E-state index contributed by atoms with van der Waals surface area (Å²) in [5.41, 5.74) is 2.16. The maximum atomic E-state index is 13.2. The van der Waals surface area contributed by atoms with Crippen LogP contribution in [-0.2, 0) is 16.0 Å². The summed E-state index contributed by atoms with van der Waals surface area (Å²) in [6.07, 6.45) is 5.54. The number of hydrogen-bond donors (Lipinski definition) is 1. The molecule has 1 fully saturated rings. The number of hydrogen-bond acceptors (Lipinski definition) is 6. The highest BCUT2D eigenvalue weighted by atomic mass is 16.5. The van der Waals surface area contributed by atoms with Crippen LogP contribution >= 0.6 is 0 Å². The molecule has 0 aliphatic carbocycles. The molecular formula is C29H30N2O5. The third-order valence-corrected chi connectivity index (χ3v) is 6.24. The quantitative estimate of drug-likeness (QED) is 0.189. The van der Waals surface area contributed by atoms with E-state index in [-0.39, 0.29) is 11.3 Å². The SMILES string of the molecule is CCCCOc1ccc(C2/C(=C(\O)c3ccncc3)C(=O)C(=O)N2CCc2ccccc2)cc1OC. The number of nitrogens with zero attached hydrogens (tertiary/aromatic N) is 2. The van der Waals surface area contributed by atoms with Crippen molar-refractivity contribution in [1.82, 2.24) is 9.88 Å². The zero-order valence-electron chi connectivity index (χ0n) is 20.5. The fourth-order valence-electron chi connectivity index (χ4n) is 4.32. The molecule has 0 radical (unpaired) electrons. The van der Waals surface area contributed by atoms with Crippen LogP contribution < -0.4 is 9.47 Å². The number of aliphatic hydroxyl groups is 1. The Morgan fingerprint density at radius 2 is 1.78 bits per heavy atom. The summed E-state index contributed by atoms with van der Waals surface area (Å²) in [5, 5.41) is 11.2. The van der Waals surface area contributed by atoms with Crippen molar-refractivity contribution in [2.45, 2.75) is 32.2 Å². The van der Waals surface area contributed by atoms with Gasteiger partial charge in [0.2, 0.25) is 0 Å². The number of carbonyl (C=O) groups is 2. The molecule has 1 amide bonds. The first-order valence-electron chi connectivity index (χ1n) is 12.1. The van der Waals surface area contributed by atoms with Gasteiger partial charge in [0, 0.05) is 24.5 Å². The molecule has 1 aliphatic heterocycles. The molecule has 186 valence electrons. The number of aliphatic hydroxyl groups excluding tert-OH is 1. The van der Waals surface area contributed by atoms with Crippen LogP contribution in [0.3, 0.4) is 0 Å². The van der Waals surface area contributed by atoms with Crippen molar-refractivity contribution >= 4 is 17.4 Å². The highest BCUT2D eigenvalue weighted by molar-refractivity contribution is 6.46. The smallest absolute Gasteiger partial charge is 0.295 e. The van der Waals surface area contributed by atoms with E-state index in [2.05, 4.69) is 11.9 Å². The number of pyridine rings is 1. The molecule has 7 heteroatoms. The van der Waals surface area contributed by atoms with E-state index in [0.29, 0.717) is 42.2 Å². The Kier molecular flexibility index (Phi) is 8.00. The van der Waals surface area contributed by atoms with Crippen LogP contribution in [0.4, 0.5) is 0 Å². The summed E-state index contributed by atoms with van der Waals surface area (Å²) in [7, 11) is 1.55. The maximum absolute atomic E-state index is 13.2. The summed E-state index contributed by atoms with van der Waals surface area (Å²) in [4.78, 5) is 32.0. The lowest BCUT2D eigenvalue weighted by Gasteiger charge is -2.26. The van der Waals surface area contributed by atoms with Gasteiger partial charge >= 0.3 is 0 Å². The molecule has 1 atom stereocenters. The average molecular weight is 487 g/mol. The molecule has 0 bridgehead atoms. The number of likely N-dealkylation sites (tertiary alicyclic amines) is 1. The van der Waals surface area contributed by atoms with E-state index in [4.69, 9.17) is 9.47 Å². The van der Waals surface area contributed by atoms with Crippen LogP contribution in [0.15, 0.2) is 78.6 Å². The van der Waals surface area contributed by atoms with E-state index in [1.807, 2.05) is 36.4 Å². The minimum absolute atomic E-state index is 0.0426. The highest BCUT2D eigenvalue weighted by Crippen LogP contribution is 2.42. The van der Waals surface area contributed by atoms with Gasteiger partial charge in [-0.3, -0.25) is 14.6 Å². The lowest BCUT2D eigenvalue weighted by Crippen LogP contribution is -2.31. The van der Waals surface area contributed by atoms with Crippen molar-refractivity contribution in [1.29, 1.82) is 0 Å². The van der Waals surface area contributed by atoms with Crippen LogP contribution in [0.2, 0.25) is 0 Å². The van der Waals surface area contributed by atoms with Gasteiger partial charge in [0.05, 0.1) is 25.3 Å². The van der Waals surface area contributed by atoms with Crippen molar-refractivity contribution in [2.24, 2.45) is 0 Å². The second kappa shape index (κ2) is 11.5. The van der Waals surface area contributed by atoms with Gasteiger partial charge in [-0.25, -0.2) is 0 Å². The summed E-state index contributed by atoms with van der Waals surface area (Å²) >= 11 is 0. The van der Waals surface area contributed by atoms with Gasteiger partial charge < -0.3 is 19.5 Å². The van der Waals surface area contributed by atoms with E-state index in [9.17, 15) is 14.7 Å². The first-order chi connectivity index (χ1) is 17.5. The normalized spacial score (nSPS) is 16.8. The number of ketones is 1. The summed E-state index contributed by atoms with van der Waals surface area (Å²) in [6.45, 7) is 2.96. The molecule has 1 saturated heterocycles. The molecule has 7 nitrogen and oxygen atoms in total. The van der Waals surface area contributed by atoms with E-state index in [1.165, 1.54) is 17.3 Å². The van der Waals surface area contributed by atoms with E-state index < -0.39 is 17.7 Å². The molecule has 2 aromatic carbocycles. The third kappa shape index (κ3) is 5.25. The number of aromatic nitrogens is 1.